The van der Waals surface area contributed by atoms with Gasteiger partial charge in [0.2, 0.25) is 30.4 Å². The first-order valence-corrected chi connectivity index (χ1v) is 12.1. The molecule has 0 saturated carbocycles. The number of fused-ring (bicyclic) bond motifs is 5. The Kier molecular flexibility index (Phi) is 5.04. The molecule has 0 aromatic heterocycles. The van der Waals surface area contributed by atoms with E-state index in [-0.39, 0.29) is 38.0 Å². The third-order valence-corrected chi connectivity index (χ3v) is 7.76. The van der Waals surface area contributed by atoms with Crippen LogP contribution in [0.25, 0.3) is 0 Å². The third-order valence-electron chi connectivity index (χ3n) is 7.76. The van der Waals surface area contributed by atoms with E-state index in [1.165, 1.54) is 4.90 Å². The Hall–Kier alpha value is -3.92. The van der Waals surface area contributed by atoms with E-state index in [2.05, 4.69) is 10.6 Å². The number of rotatable bonds is 6. The number of anilines is 1. The summed E-state index contributed by atoms with van der Waals surface area (Å²) in [5.74, 6) is -2.23. The Bertz CT molecular complexity index is 1330. The molecule has 36 heavy (non-hydrogen) atoms. The van der Waals surface area contributed by atoms with E-state index in [0.717, 1.165) is 12.0 Å². The number of ether oxygens (including phenoxy) is 2. The van der Waals surface area contributed by atoms with Crippen LogP contribution in [0.4, 0.5) is 5.69 Å². The molecule has 2 unspecified atom stereocenters. The van der Waals surface area contributed by atoms with E-state index < -0.39 is 35.2 Å². The van der Waals surface area contributed by atoms with Crippen molar-refractivity contribution in [3.8, 4) is 11.5 Å². The van der Waals surface area contributed by atoms with E-state index in [9.17, 15) is 19.2 Å². The van der Waals surface area contributed by atoms with Crippen LogP contribution in [0.15, 0.2) is 36.4 Å². The van der Waals surface area contributed by atoms with Crippen LogP contribution in [-0.4, -0.2) is 41.4 Å². The molecule has 2 saturated heterocycles. The lowest BCUT2D eigenvalue weighted by Crippen LogP contribution is -2.53. The summed E-state index contributed by atoms with van der Waals surface area (Å²) < 4.78 is 10.8. The van der Waals surface area contributed by atoms with E-state index in [1.54, 1.807) is 18.2 Å². The molecule has 4 aliphatic heterocycles. The number of hydrogen-bond donors (Lipinski definition) is 3. The summed E-state index contributed by atoms with van der Waals surface area (Å²) in [7, 11) is 0. The summed E-state index contributed by atoms with van der Waals surface area (Å²) in [6, 6.07) is 10.4. The number of amides is 4. The number of nitrogens with one attached hydrogen (secondary N) is 2. The number of nitrogens with zero attached hydrogens (tertiary/aromatic N) is 1. The van der Waals surface area contributed by atoms with Crippen LogP contribution < -0.4 is 25.8 Å². The van der Waals surface area contributed by atoms with Crippen molar-refractivity contribution < 1.29 is 28.7 Å². The molecule has 6 rings (SSSR count). The van der Waals surface area contributed by atoms with E-state index in [4.69, 9.17) is 15.2 Å². The summed E-state index contributed by atoms with van der Waals surface area (Å²) >= 11 is 0. The van der Waals surface area contributed by atoms with E-state index in [1.807, 2.05) is 25.1 Å². The zero-order valence-electron chi connectivity index (χ0n) is 19.7. The predicted molar refractivity (Wildman–Crippen MR) is 127 cm³/mol. The Balaban J connectivity index is 1.41. The number of nitrogens with two attached hydrogens (primary N) is 1. The standard InChI is InChI=1S/C26H26N4O6/c1-2-13-3-5-16-15(9-13)26(25(34)28-16)22-21(17(29-26)6-8-20(27)31)23(32)30(24(22)33)11-14-4-7-18-19(10-14)36-12-35-18/h3-5,7,9-10,17,21-22,29H,2,6,8,11-12H2,1H3,(H2,27,31)(H,28,34)/t17?,21-,22+,26?/m1/s1. The van der Waals surface area contributed by atoms with Crippen molar-refractivity contribution in [2.75, 3.05) is 12.1 Å². The molecule has 4 aliphatic rings. The first kappa shape index (κ1) is 22.5. The van der Waals surface area contributed by atoms with Crippen LogP contribution in [0.3, 0.4) is 0 Å². The highest BCUT2D eigenvalue weighted by Crippen LogP contribution is 2.54. The number of carbonyl (C=O) groups excluding carboxylic acids is 4. The molecule has 4 amide bonds. The van der Waals surface area contributed by atoms with E-state index in [0.29, 0.717) is 28.3 Å². The van der Waals surface area contributed by atoms with Crippen LogP contribution in [0.1, 0.15) is 36.5 Å². The molecule has 10 nitrogen and oxygen atoms in total. The molecule has 0 aliphatic carbocycles. The van der Waals surface area contributed by atoms with Gasteiger partial charge in [-0.2, -0.15) is 0 Å². The lowest BCUT2D eigenvalue weighted by molar-refractivity contribution is -0.143. The van der Waals surface area contributed by atoms with Gasteiger partial charge in [-0.25, -0.2) is 0 Å². The van der Waals surface area contributed by atoms with Crippen molar-refractivity contribution in [2.45, 2.75) is 44.3 Å². The average Bonchev–Trinajstić information content (AvgIpc) is 3.59. The molecule has 0 bridgehead atoms. The molecule has 10 heteroatoms. The third kappa shape index (κ3) is 3.13. The summed E-state index contributed by atoms with van der Waals surface area (Å²) in [6.07, 6.45) is 1.02. The van der Waals surface area contributed by atoms with Gasteiger partial charge in [0.15, 0.2) is 11.5 Å². The summed E-state index contributed by atoms with van der Waals surface area (Å²) in [6.45, 7) is 2.18. The van der Waals surface area contributed by atoms with Crippen molar-refractivity contribution >= 4 is 29.3 Å². The molecular formula is C26H26N4O6. The lowest BCUT2D eigenvalue weighted by atomic mass is 9.76. The Morgan fingerprint density at radius 3 is 2.64 bits per heavy atom. The second-order valence-corrected chi connectivity index (χ2v) is 9.71. The number of hydrogen-bond acceptors (Lipinski definition) is 7. The van der Waals surface area contributed by atoms with Gasteiger partial charge in [0.05, 0.1) is 18.4 Å². The lowest BCUT2D eigenvalue weighted by Gasteiger charge is -2.29. The van der Waals surface area contributed by atoms with Crippen molar-refractivity contribution in [3.63, 3.8) is 0 Å². The molecular weight excluding hydrogens is 464 g/mol. The number of imide groups is 1. The van der Waals surface area contributed by atoms with Crippen LogP contribution >= 0.6 is 0 Å². The molecule has 2 fully saturated rings. The molecule has 4 heterocycles. The number of primary amides is 1. The predicted octanol–water partition coefficient (Wildman–Crippen LogP) is 1.16. The maximum absolute atomic E-state index is 13.9. The number of aryl methyl sites for hydroxylation is 1. The zero-order chi connectivity index (χ0) is 25.2. The molecule has 0 radical (unpaired) electrons. The van der Waals surface area contributed by atoms with Crippen LogP contribution in [0.2, 0.25) is 0 Å². The fourth-order valence-corrected chi connectivity index (χ4v) is 6.05. The minimum Gasteiger partial charge on any atom is -0.454 e. The van der Waals surface area contributed by atoms with Crippen LogP contribution in [0, 0.1) is 11.8 Å². The SMILES string of the molecule is CCc1ccc2c(c1)C1(NC(CCC(N)=O)[C@H]3C(=O)N(Cc4ccc5c(c4)OCO5)C(=O)[C@H]31)C(=O)N2. The number of benzene rings is 2. The van der Waals surface area contributed by atoms with E-state index >= 15 is 0 Å². The number of likely N-dealkylation sites (tertiary alicyclic amines) is 1. The van der Waals surface area contributed by atoms with Crippen molar-refractivity contribution in [1.82, 2.24) is 10.2 Å². The first-order valence-electron chi connectivity index (χ1n) is 12.1. The Morgan fingerprint density at radius 2 is 1.86 bits per heavy atom. The van der Waals surface area contributed by atoms with Gasteiger partial charge >= 0.3 is 0 Å². The molecule has 1 spiro atoms. The van der Waals surface area contributed by atoms with Gasteiger partial charge in [-0.1, -0.05) is 25.1 Å². The van der Waals surface area contributed by atoms with Crippen LogP contribution in [0.5, 0.6) is 11.5 Å². The van der Waals surface area contributed by atoms with Gasteiger partial charge in [-0.15, -0.1) is 0 Å². The van der Waals surface area contributed by atoms with Gasteiger partial charge in [0.1, 0.15) is 5.54 Å². The Morgan fingerprint density at radius 1 is 1.08 bits per heavy atom. The fourth-order valence-electron chi connectivity index (χ4n) is 6.05. The minimum atomic E-state index is -1.40. The highest BCUT2D eigenvalue weighted by atomic mass is 16.7. The quantitative estimate of drug-likeness (QED) is 0.516. The first-order chi connectivity index (χ1) is 17.3. The highest BCUT2D eigenvalue weighted by molar-refractivity contribution is 6.15. The van der Waals surface area contributed by atoms with Crippen molar-refractivity contribution in [1.29, 1.82) is 0 Å². The summed E-state index contributed by atoms with van der Waals surface area (Å²) in [4.78, 5) is 54.0. The molecule has 2 aromatic carbocycles. The smallest absolute Gasteiger partial charge is 0.250 e. The second kappa shape index (κ2) is 8.06. The Labute approximate surface area is 207 Å². The second-order valence-electron chi connectivity index (χ2n) is 9.71. The minimum absolute atomic E-state index is 0.0318. The van der Waals surface area contributed by atoms with Crippen LogP contribution in [-0.2, 0) is 37.7 Å². The maximum Gasteiger partial charge on any atom is 0.250 e. The monoisotopic (exact) mass is 490 g/mol. The molecule has 4 atom stereocenters. The summed E-state index contributed by atoms with van der Waals surface area (Å²) in [5, 5.41) is 6.24. The van der Waals surface area contributed by atoms with Gasteiger partial charge in [-0.3, -0.25) is 29.4 Å². The van der Waals surface area contributed by atoms with Crippen molar-refractivity contribution in [2.24, 2.45) is 17.6 Å². The zero-order valence-corrected chi connectivity index (χ0v) is 19.7. The summed E-state index contributed by atoms with van der Waals surface area (Å²) in [5.41, 5.74) is 7.00. The molecule has 186 valence electrons. The number of carbonyl (C=O) groups is 4. The molecule has 4 N–H and O–H groups in total. The van der Waals surface area contributed by atoms with Gasteiger partial charge in [0, 0.05) is 23.7 Å². The highest BCUT2D eigenvalue weighted by Gasteiger charge is 2.70. The fraction of sp³-hybridized carbons (Fsp3) is 0.385. The average molecular weight is 491 g/mol. The normalized spacial score (nSPS) is 27.5. The molecule has 2 aromatic rings. The van der Waals surface area contributed by atoms with Gasteiger partial charge < -0.3 is 20.5 Å². The topological polar surface area (TPSA) is 140 Å². The largest absolute Gasteiger partial charge is 0.454 e. The van der Waals surface area contributed by atoms with Crippen molar-refractivity contribution in [3.05, 3.63) is 53.1 Å². The maximum atomic E-state index is 13.9. The van der Waals surface area contributed by atoms with Gasteiger partial charge in [-0.05, 0) is 42.2 Å². The van der Waals surface area contributed by atoms with Gasteiger partial charge in [0.25, 0.3) is 0 Å².